The minimum atomic E-state index is -0.502. The molecule has 1 aliphatic carbocycles. The molecule has 1 atom stereocenters. The normalized spacial score (nSPS) is 18.5. The first-order chi connectivity index (χ1) is 11.5. The van der Waals surface area contributed by atoms with Crippen LogP contribution in [0.5, 0.6) is 0 Å². The van der Waals surface area contributed by atoms with Gasteiger partial charge in [0.2, 0.25) is 5.91 Å². The van der Waals surface area contributed by atoms with Crippen molar-refractivity contribution >= 4 is 17.4 Å². The molecule has 6 heteroatoms. The molecule has 1 aliphatic rings. The van der Waals surface area contributed by atoms with Crippen molar-refractivity contribution in [2.75, 3.05) is 19.7 Å². The largest absolute Gasteiger partial charge is 0.511 e. The predicted octanol–water partition coefficient (Wildman–Crippen LogP) is 3.00. The van der Waals surface area contributed by atoms with Crippen LogP contribution in [0.2, 0.25) is 0 Å². The zero-order valence-corrected chi connectivity index (χ0v) is 14.9. The molecule has 6 nitrogen and oxygen atoms in total. The lowest BCUT2D eigenvalue weighted by Gasteiger charge is -2.28. The quantitative estimate of drug-likeness (QED) is 0.304. The van der Waals surface area contributed by atoms with Crippen molar-refractivity contribution in [3.05, 3.63) is 24.0 Å². The Labute approximate surface area is 143 Å². The van der Waals surface area contributed by atoms with E-state index in [0.29, 0.717) is 25.2 Å². The van der Waals surface area contributed by atoms with E-state index >= 15 is 0 Å². The SMILES string of the molecule is C=CCO/N=C(\CCC)C1=C(O)CC(C(=O)N(CC)CC)CC1=O. The van der Waals surface area contributed by atoms with Gasteiger partial charge < -0.3 is 14.8 Å². The molecule has 1 unspecified atom stereocenters. The van der Waals surface area contributed by atoms with Crippen LogP contribution < -0.4 is 0 Å². The number of ketones is 1. The van der Waals surface area contributed by atoms with Crippen LogP contribution in [0.1, 0.15) is 46.5 Å². The highest BCUT2D eigenvalue weighted by Crippen LogP contribution is 2.29. The number of hydrogen-bond donors (Lipinski definition) is 1. The van der Waals surface area contributed by atoms with Gasteiger partial charge in [-0.1, -0.05) is 31.2 Å². The maximum atomic E-state index is 12.5. The van der Waals surface area contributed by atoms with E-state index in [0.717, 1.165) is 6.42 Å². The molecule has 1 rings (SSSR count). The second-order valence-corrected chi connectivity index (χ2v) is 5.73. The Hall–Kier alpha value is -2.11. The number of Topliss-reactive ketones (excluding diaryl/α,β-unsaturated/α-hetero) is 1. The van der Waals surface area contributed by atoms with Crippen molar-refractivity contribution in [3.8, 4) is 0 Å². The van der Waals surface area contributed by atoms with Gasteiger partial charge in [-0.25, -0.2) is 0 Å². The van der Waals surface area contributed by atoms with Gasteiger partial charge in [-0.3, -0.25) is 9.59 Å². The summed E-state index contributed by atoms with van der Waals surface area (Å²) in [6.07, 6.45) is 3.11. The fourth-order valence-corrected chi connectivity index (χ4v) is 2.81. The van der Waals surface area contributed by atoms with Crippen LogP contribution in [0.3, 0.4) is 0 Å². The fourth-order valence-electron chi connectivity index (χ4n) is 2.81. The molecule has 0 heterocycles. The van der Waals surface area contributed by atoms with Crippen molar-refractivity contribution in [2.24, 2.45) is 11.1 Å². The number of rotatable bonds is 9. The predicted molar refractivity (Wildman–Crippen MR) is 93.8 cm³/mol. The average Bonchev–Trinajstić information content (AvgIpc) is 2.55. The molecule has 0 radical (unpaired) electrons. The number of carbonyl (C=O) groups excluding carboxylic acids is 2. The summed E-state index contributed by atoms with van der Waals surface area (Å²) in [5.41, 5.74) is 0.653. The van der Waals surface area contributed by atoms with Gasteiger partial charge in [-0.05, 0) is 20.3 Å². The number of nitrogens with zero attached hydrogens (tertiary/aromatic N) is 2. The molecule has 0 bridgehead atoms. The fraction of sp³-hybridized carbons (Fsp3) is 0.611. The van der Waals surface area contributed by atoms with Crippen molar-refractivity contribution in [3.63, 3.8) is 0 Å². The van der Waals surface area contributed by atoms with Crippen LogP contribution >= 0.6 is 0 Å². The van der Waals surface area contributed by atoms with E-state index in [1.807, 2.05) is 20.8 Å². The Morgan fingerprint density at radius 3 is 2.54 bits per heavy atom. The van der Waals surface area contributed by atoms with Gasteiger partial charge in [0, 0.05) is 25.9 Å². The standard InChI is InChI=1S/C18H28N2O4/c1-5-9-14(19-24-10-6-2)17-15(21)11-13(12-16(17)22)18(23)20(7-3)8-4/h6,13,21H,2,5,7-12H2,1,3-4H3/b19-14+. The zero-order valence-electron chi connectivity index (χ0n) is 14.9. The van der Waals surface area contributed by atoms with Gasteiger partial charge in [-0.2, -0.15) is 0 Å². The second kappa shape index (κ2) is 9.90. The first-order valence-electron chi connectivity index (χ1n) is 8.54. The van der Waals surface area contributed by atoms with Crippen molar-refractivity contribution in [2.45, 2.75) is 46.5 Å². The lowest BCUT2D eigenvalue weighted by Crippen LogP contribution is -2.39. The number of aliphatic hydroxyl groups is 1. The summed E-state index contributed by atoms with van der Waals surface area (Å²) < 4.78 is 0. The van der Waals surface area contributed by atoms with Gasteiger partial charge in [-0.15, -0.1) is 0 Å². The van der Waals surface area contributed by atoms with Crippen molar-refractivity contribution < 1.29 is 19.5 Å². The van der Waals surface area contributed by atoms with Crippen LogP contribution in [0.15, 0.2) is 29.1 Å². The van der Waals surface area contributed by atoms with E-state index < -0.39 is 5.92 Å². The average molecular weight is 336 g/mol. The van der Waals surface area contributed by atoms with Crippen LogP contribution in [0, 0.1) is 5.92 Å². The molecule has 0 aromatic heterocycles. The molecule has 0 aromatic rings. The topological polar surface area (TPSA) is 79.2 Å². The third-order valence-corrected chi connectivity index (χ3v) is 4.01. The number of oxime groups is 1. The van der Waals surface area contributed by atoms with Gasteiger partial charge >= 0.3 is 0 Å². The Kier molecular flexibility index (Phi) is 8.22. The van der Waals surface area contributed by atoms with Gasteiger partial charge in [0.25, 0.3) is 0 Å². The second-order valence-electron chi connectivity index (χ2n) is 5.73. The number of carbonyl (C=O) groups is 2. The van der Waals surface area contributed by atoms with Crippen LogP contribution in [0.25, 0.3) is 0 Å². The summed E-state index contributed by atoms with van der Waals surface area (Å²) in [5.74, 6) is -0.904. The van der Waals surface area contributed by atoms with Crippen LogP contribution in [-0.2, 0) is 14.4 Å². The maximum absolute atomic E-state index is 12.5. The number of hydrogen-bond acceptors (Lipinski definition) is 5. The highest BCUT2D eigenvalue weighted by molar-refractivity contribution is 6.23. The molecule has 134 valence electrons. The molecule has 0 saturated carbocycles. The highest BCUT2D eigenvalue weighted by Gasteiger charge is 2.35. The molecule has 0 saturated heterocycles. The smallest absolute Gasteiger partial charge is 0.226 e. The van der Waals surface area contributed by atoms with E-state index in [2.05, 4.69) is 11.7 Å². The Morgan fingerprint density at radius 2 is 2.04 bits per heavy atom. The Morgan fingerprint density at radius 1 is 1.38 bits per heavy atom. The minimum Gasteiger partial charge on any atom is -0.511 e. The lowest BCUT2D eigenvalue weighted by molar-refractivity contribution is -0.137. The third-order valence-electron chi connectivity index (χ3n) is 4.01. The molecular weight excluding hydrogens is 308 g/mol. The molecule has 24 heavy (non-hydrogen) atoms. The summed E-state index contributed by atoms with van der Waals surface area (Å²) in [4.78, 5) is 31.7. The van der Waals surface area contributed by atoms with Crippen LogP contribution in [-0.4, -0.2) is 47.1 Å². The van der Waals surface area contributed by atoms with Crippen molar-refractivity contribution in [1.82, 2.24) is 4.90 Å². The highest BCUT2D eigenvalue weighted by atomic mass is 16.6. The number of amides is 1. The van der Waals surface area contributed by atoms with E-state index in [4.69, 9.17) is 4.84 Å². The van der Waals surface area contributed by atoms with Crippen molar-refractivity contribution in [1.29, 1.82) is 0 Å². The number of allylic oxidation sites excluding steroid dienone is 2. The van der Waals surface area contributed by atoms with E-state index in [1.165, 1.54) is 0 Å². The van der Waals surface area contributed by atoms with E-state index in [1.54, 1.807) is 11.0 Å². The molecular formula is C18H28N2O4. The van der Waals surface area contributed by atoms with Gasteiger partial charge in [0.1, 0.15) is 12.4 Å². The van der Waals surface area contributed by atoms with E-state index in [9.17, 15) is 14.7 Å². The first-order valence-corrected chi connectivity index (χ1v) is 8.54. The summed E-state index contributed by atoms with van der Waals surface area (Å²) in [5, 5.41) is 14.3. The van der Waals surface area contributed by atoms with E-state index in [-0.39, 0.29) is 42.5 Å². The monoisotopic (exact) mass is 336 g/mol. The third kappa shape index (κ3) is 4.94. The molecule has 0 spiro atoms. The molecule has 0 aliphatic heterocycles. The zero-order chi connectivity index (χ0) is 18.1. The summed E-state index contributed by atoms with van der Waals surface area (Å²) in [6.45, 7) is 10.7. The molecule has 1 N–H and O–H groups in total. The van der Waals surface area contributed by atoms with Crippen LogP contribution in [0.4, 0.5) is 0 Å². The lowest BCUT2D eigenvalue weighted by atomic mass is 9.83. The molecule has 0 fully saturated rings. The minimum absolute atomic E-state index is 0.0637. The van der Waals surface area contributed by atoms with Gasteiger partial charge in [0.15, 0.2) is 5.78 Å². The maximum Gasteiger partial charge on any atom is 0.226 e. The summed E-state index contributed by atoms with van der Waals surface area (Å²) in [7, 11) is 0. The molecule has 0 aromatic carbocycles. The van der Waals surface area contributed by atoms with Gasteiger partial charge in [0.05, 0.1) is 17.2 Å². The number of aliphatic hydroxyl groups excluding tert-OH is 1. The Balaban J connectivity index is 3.02. The summed E-state index contributed by atoms with van der Waals surface area (Å²) in [6, 6.07) is 0. The Bertz CT molecular complexity index is 533. The molecule has 1 amide bonds. The summed E-state index contributed by atoms with van der Waals surface area (Å²) >= 11 is 0. The first kappa shape index (κ1) is 19.9.